The van der Waals surface area contributed by atoms with E-state index in [1.807, 2.05) is 0 Å². The molecule has 81 valence electrons. The summed E-state index contributed by atoms with van der Waals surface area (Å²) in [7, 11) is -0.119. The van der Waals surface area contributed by atoms with Gasteiger partial charge in [-0.1, -0.05) is 26.2 Å². The highest BCUT2D eigenvalue weighted by atomic mass is 16.7. The number of hydrogen-bond donors (Lipinski definition) is 0. The first-order valence-electron chi connectivity index (χ1n) is 5.58. The van der Waals surface area contributed by atoms with Crippen LogP contribution in [0, 0.1) is 6.32 Å². The smallest absolute Gasteiger partial charge is 0.403 e. The SMILES string of the molecule is CCCC[CH]B1OC(C)(C)C(C)(C)O1. The fourth-order valence-corrected chi connectivity index (χ4v) is 1.44. The van der Waals surface area contributed by atoms with E-state index in [4.69, 9.17) is 9.31 Å². The van der Waals surface area contributed by atoms with E-state index in [0.717, 1.165) is 6.42 Å². The van der Waals surface area contributed by atoms with Crippen molar-refractivity contribution in [2.75, 3.05) is 0 Å². The van der Waals surface area contributed by atoms with E-state index >= 15 is 0 Å². The predicted molar refractivity (Wildman–Crippen MR) is 59.9 cm³/mol. The summed E-state index contributed by atoms with van der Waals surface area (Å²) in [6.07, 6.45) is 5.65. The van der Waals surface area contributed by atoms with Gasteiger partial charge in [0.2, 0.25) is 0 Å². The van der Waals surface area contributed by atoms with Gasteiger partial charge >= 0.3 is 7.12 Å². The van der Waals surface area contributed by atoms with Crippen molar-refractivity contribution in [3.8, 4) is 0 Å². The van der Waals surface area contributed by atoms with E-state index in [0.29, 0.717) is 0 Å². The Bertz CT molecular complexity index is 174. The van der Waals surface area contributed by atoms with Crippen LogP contribution >= 0.6 is 0 Å². The largest absolute Gasteiger partial charge is 0.460 e. The molecule has 0 saturated carbocycles. The van der Waals surface area contributed by atoms with Crippen LogP contribution in [-0.4, -0.2) is 18.3 Å². The molecule has 1 rings (SSSR count). The highest BCUT2D eigenvalue weighted by Crippen LogP contribution is 2.37. The maximum atomic E-state index is 5.83. The molecule has 0 unspecified atom stereocenters. The molecule has 0 aromatic heterocycles. The van der Waals surface area contributed by atoms with Gasteiger partial charge in [-0.25, -0.2) is 0 Å². The van der Waals surface area contributed by atoms with E-state index in [9.17, 15) is 0 Å². The highest BCUT2D eigenvalue weighted by Gasteiger charge is 2.50. The van der Waals surface area contributed by atoms with E-state index in [2.05, 4.69) is 40.9 Å². The zero-order valence-electron chi connectivity index (χ0n) is 10.1. The third-order valence-electron chi connectivity index (χ3n) is 3.19. The summed E-state index contributed by atoms with van der Waals surface area (Å²) in [5, 5.41) is 0. The van der Waals surface area contributed by atoms with Crippen molar-refractivity contribution in [2.24, 2.45) is 0 Å². The first kappa shape index (κ1) is 12.1. The van der Waals surface area contributed by atoms with Crippen molar-refractivity contribution in [1.29, 1.82) is 0 Å². The fourth-order valence-electron chi connectivity index (χ4n) is 1.44. The zero-order valence-corrected chi connectivity index (χ0v) is 10.1. The Balaban J connectivity index is 2.39. The normalized spacial score (nSPS) is 24.2. The monoisotopic (exact) mass is 197 g/mol. The molecule has 2 nitrogen and oxygen atoms in total. The summed E-state index contributed by atoms with van der Waals surface area (Å²) in [6, 6.07) is 0. The van der Waals surface area contributed by atoms with Gasteiger partial charge in [-0.2, -0.15) is 0 Å². The molecule has 1 fully saturated rings. The van der Waals surface area contributed by atoms with Gasteiger partial charge in [0.25, 0.3) is 0 Å². The average molecular weight is 197 g/mol. The summed E-state index contributed by atoms with van der Waals surface area (Å²) in [5.74, 6) is 0. The van der Waals surface area contributed by atoms with Gasteiger partial charge in [0.15, 0.2) is 0 Å². The van der Waals surface area contributed by atoms with Crippen LogP contribution in [0.2, 0.25) is 0 Å². The summed E-state index contributed by atoms with van der Waals surface area (Å²) in [5.41, 5.74) is -0.388. The quantitative estimate of drug-likeness (QED) is 0.509. The predicted octanol–water partition coefficient (Wildman–Crippen LogP) is 3.01. The Hall–Kier alpha value is -0.0151. The maximum Gasteiger partial charge on any atom is 0.460 e. The van der Waals surface area contributed by atoms with Gasteiger partial charge in [0.1, 0.15) is 0 Å². The second-order valence-electron chi connectivity index (χ2n) is 5.00. The second-order valence-corrected chi connectivity index (χ2v) is 5.00. The molecule has 14 heavy (non-hydrogen) atoms. The molecule has 1 saturated heterocycles. The van der Waals surface area contributed by atoms with E-state index in [1.54, 1.807) is 0 Å². The van der Waals surface area contributed by atoms with E-state index in [1.165, 1.54) is 12.8 Å². The van der Waals surface area contributed by atoms with Crippen LogP contribution in [0.25, 0.3) is 0 Å². The molecule has 1 aliphatic rings. The van der Waals surface area contributed by atoms with Crippen LogP contribution in [0.15, 0.2) is 0 Å². The van der Waals surface area contributed by atoms with Crippen LogP contribution in [-0.2, 0) is 9.31 Å². The van der Waals surface area contributed by atoms with Gasteiger partial charge in [0, 0.05) is 0 Å². The molecule has 1 aliphatic heterocycles. The van der Waals surface area contributed by atoms with Crippen molar-refractivity contribution >= 4 is 7.12 Å². The van der Waals surface area contributed by atoms with Crippen LogP contribution in [0.4, 0.5) is 0 Å². The van der Waals surface area contributed by atoms with Crippen LogP contribution in [0.3, 0.4) is 0 Å². The van der Waals surface area contributed by atoms with Crippen molar-refractivity contribution in [3.05, 3.63) is 6.32 Å². The molecular formula is C11H22BO2. The first-order valence-corrected chi connectivity index (χ1v) is 5.58. The summed E-state index contributed by atoms with van der Waals surface area (Å²) in [4.78, 5) is 0. The van der Waals surface area contributed by atoms with Crippen LogP contribution in [0.1, 0.15) is 53.9 Å². The lowest BCUT2D eigenvalue weighted by molar-refractivity contribution is 0.00578. The van der Waals surface area contributed by atoms with Crippen LogP contribution < -0.4 is 0 Å². The Morgan fingerprint density at radius 2 is 1.57 bits per heavy atom. The minimum Gasteiger partial charge on any atom is -0.403 e. The number of unbranched alkanes of at least 4 members (excludes halogenated alkanes) is 2. The topological polar surface area (TPSA) is 18.5 Å². The van der Waals surface area contributed by atoms with Gasteiger partial charge in [-0.3, -0.25) is 0 Å². The molecule has 0 amide bonds. The molecule has 0 aromatic rings. The second kappa shape index (κ2) is 4.24. The number of hydrogen-bond acceptors (Lipinski definition) is 2. The molecule has 3 heteroatoms. The summed E-state index contributed by atoms with van der Waals surface area (Å²) in [6.45, 7) is 10.5. The molecule has 0 spiro atoms. The fraction of sp³-hybridized carbons (Fsp3) is 0.909. The number of rotatable bonds is 4. The van der Waals surface area contributed by atoms with Crippen molar-refractivity contribution in [2.45, 2.75) is 65.1 Å². The Labute approximate surface area is 88.5 Å². The maximum absolute atomic E-state index is 5.83. The molecular weight excluding hydrogens is 175 g/mol. The first-order chi connectivity index (χ1) is 6.39. The zero-order chi connectivity index (χ0) is 10.8. The van der Waals surface area contributed by atoms with Crippen molar-refractivity contribution in [1.82, 2.24) is 0 Å². The third kappa shape index (κ3) is 2.51. The third-order valence-corrected chi connectivity index (χ3v) is 3.19. The average Bonchev–Trinajstić information content (AvgIpc) is 2.21. The minimum absolute atomic E-state index is 0.119. The minimum atomic E-state index is -0.194. The van der Waals surface area contributed by atoms with Crippen molar-refractivity contribution < 1.29 is 9.31 Å². The van der Waals surface area contributed by atoms with Gasteiger partial charge in [-0.05, 0) is 34.0 Å². The summed E-state index contributed by atoms with van der Waals surface area (Å²) < 4.78 is 11.7. The van der Waals surface area contributed by atoms with Crippen LogP contribution in [0.5, 0.6) is 0 Å². The van der Waals surface area contributed by atoms with Crippen molar-refractivity contribution in [3.63, 3.8) is 0 Å². The summed E-state index contributed by atoms with van der Waals surface area (Å²) >= 11 is 0. The standard InChI is InChI=1S/C11H22BO2/c1-6-7-8-9-12-13-10(2,3)11(4,5)14-12/h9H,6-8H2,1-5H3. The molecule has 1 radical (unpaired) electrons. The van der Waals surface area contributed by atoms with Gasteiger partial charge < -0.3 is 9.31 Å². The highest BCUT2D eigenvalue weighted by molar-refractivity contribution is 6.49. The van der Waals surface area contributed by atoms with Gasteiger partial charge in [-0.15, -0.1) is 0 Å². The molecule has 0 bridgehead atoms. The molecule has 0 N–H and O–H groups in total. The molecule has 0 aromatic carbocycles. The molecule has 0 aliphatic carbocycles. The van der Waals surface area contributed by atoms with Gasteiger partial charge in [0.05, 0.1) is 11.2 Å². The molecule has 1 heterocycles. The Morgan fingerprint density at radius 1 is 1.07 bits per heavy atom. The lowest BCUT2D eigenvalue weighted by atomic mass is 9.82. The Morgan fingerprint density at radius 3 is 2.00 bits per heavy atom. The van der Waals surface area contributed by atoms with E-state index < -0.39 is 0 Å². The van der Waals surface area contributed by atoms with E-state index in [-0.39, 0.29) is 18.3 Å². The lowest BCUT2D eigenvalue weighted by Crippen LogP contribution is -2.41. The molecule has 0 atom stereocenters. The Kier molecular flexibility index (Phi) is 3.65. The lowest BCUT2D eigenvalue weighted by Gasteiger charge is -2.32.